The number of esters is 1. The summed E-state index contributed by atoms with van der Waals surface area (Å²) < 4.78 is 33.1. The Labute approximate surface area is 189 Å². The lowest BCUT2D eigenvalue weighted by Crippen LogP contribution is -2.40. The largest absolute Gasteiger partial charge is 0.449 e. The van der Waals surface area contributed by atoms with E-state index < -0.39 is 22.1 Å². The Morgan fingerprint density at radius 2 is 1.77 bits per heavy atom. The van der Waals surface area contributed by atoms with Gasteiger partial charge in [0.1, 0.15) is 4.90 Å². The van der Waals surface area contributed by atoms with Crippen molar-refractivity contribution in [1.82, 2.24) is 9.21 Å². The highest BCUT2D eigenvalue weighted by molar-refractivity contribution is 7.89. The number of piperidine rings is 1. The lowest BCUT2D eigenvalue weighted by atomic mass is 10.0. The maximum Gasteiger partial charge on any atom is 0.338 e. The molecule has 1 amide bonds. The molecule has 9 heteroatoms. The second-order valence-corrected chi connectivity index (χ2v) is 10.9. The zero-order valence-electron chi connectivity index (χ0n) is 18.2. The molecule has 2 atom stereocenters. The van der Waals surface area contributed by atoms with Crippen molar-refractivity contribution in [1.29, 1.82) is 0 Å². The third-order valence-electron chi connectivity index (χ3n) is 5.95. The number of likely N-dealkylation sites (tertiary alicyclic amines) is 1. The summed E-state index contributed by atoms with van der Waals surface area (Å²) in [5.41, 5.74) is 0.0588. The first-order chi connectivity index (χ1) is 14.7. The predicted molar refractivity (Wildman–Crippen MR) is 119 cm³/mol. The van der Waals surface area contributed by atoms with E-state index in [2.05, 4.69) is 0 Å². The van der Waals surface area contributed by atoms with Gasteiger partial charge < -0.3 is 9.64 Å². The Morgan fingerprint density at radius 1 is 1.10 bits per heavy atom. The highest BCUT2D eigenvalue weighted by Crippen LogP contribution is 2.29. The van der Waals surface area contributed by atoms with Gasteiger partial charge in [-0.05, 0) is 56.7 Å². The highest BCUT2D eigenvalue weighted by atomic mass is 35.5. The van der Waals surface area contributed by atoms with Gasteiger partial charge in [-0.3, -0.25) is 4.79 Å². The number of rotatable bonds is 5. The molecule has 2 fully saturated rings. The Kier molecular flexibility index (Phi) is 7.99. The molecule has 0 saturated carbocycles. The van der Waals surface area contributed by atoms with Crippen LogP contribution in [0.3, 0.4) is 0 Å². The molecule has 2 aliphatic heterocycles. The zero-order valence-corrected chi connectivity index (χ0v) is 19.8. The van der Waals surface area contributed by atoms with E-state index in [0.29, 0.717) is 26.2 Å². The van der Waals surface area contributed by atoms with E-state index in [-0.39, 0.29) is 27.3 Å². The van der Waals surface area contributed by atoms with Crippen LogP contribution in [0.1, 0.15) is 62.7 Å². The van der Waals surface area contributed by atoms with Crippen LogP contribution in [-0.2, 0) is 19.6 Å². The number of ether oxygens (including phenoxy) is 1. The first kappa shape index (κ1) is 24.0. The van der Waals surface area contributed by atoms with Crippen LogP contribution in [0.25, 0.3) is 0 Å². The minimum absolute atomic E-state index is 0.0588. The van der Waals surface area contributed by atoms with E-state index in [1.165, 1.54) is 22.5 Å². The summed E-state index contributed by atoms with van der Waals surface area (Å²) in [5, 5.41) is 0.0588. The Balaban J connectivity index is 1.74. The van der Waals surface area contributed by atoms with Crippen molar-refractivity contribution in [3.05, 3.63) is 28.8 Å². The molecule has 3 rings (SSSR count). The van der Waals surface area contributed by atoms with E-state index in [4.69, 9.17) is 16.3 Å². The van der Waals surface area contributed by atoms with Crippen LogP contribution in [0, 0.1) is 5.92 Å². The van der Waals surface area contributed by atoms with E-state index in [0.717, 1.165) is 38.5 Å². The molecular formula is C22H31ClN2O5S. The first-order valence-corrected chi connectivity index (χ1v) is 12.8. The standard InChI is InChI=1S/C22H31ClN2O5S/c1-16-8-7-13-25(15-16)31(28,29)20-14-18(9-10-19(20)23)22(27)30-17(2)21(26)24-11-5-3-4-6-12-24/h9-10,14,16-17H,3-8,11-13,15H2,1-2H3. The third kappa shape index (κ3) is 5.79. The van der Waals surface area contributed by atoms with Crippen LogP contribution in [0.2, 0.25) is 5.02 Å². The Morgan fingerprint density at radius 3 is 2.42 bits per heavy atom. The van der Waals surface area contributed by atoms with Gasteiger partial charge >= 0.3 is 5.97 Å². The Bertz CT molecular complexity index is 912. The fourth-order valence-corrected chi connectivity index (χ4v) is 6.26. The van der Waals surface area contributed by atoms with Crippen molar-refractivity contribution in [3.63, 3.8) is 0 Å². The molecule has 172 valence electrons. The van der Waals surface area contributed by atoms with Gasteiger partial charge in [0, 0.05) is 26.2 Å². The molecule has 1 aromatic rings. The lowest BCUT2D eigenvalue weighted by molar-refractivity contribution is -0.139. The number of benzene rings is 1. The van der Waals surface area contributed by atoms with Gasteiger partial charge in [-0.15, -0.1) is 0 Å². The zero-order chi connectivity index (χ0) is 22.6. The topological polar surface area (TPSA) is 84.0 Å². The van der Waals surface area contributed by atoms with Crippen LogP contribution in [-0.4, -0.2) is 61.8 Å². The molecule has 0 radical (unpaired) electrons. The van der Waals surface area contributed by atoms with Gasteiger partial charge in [0.25, 0.3) is 5.91 Å². The number of sulfonamides is 1. The molecule has 2 saturated heterocycles. The summed E-state index contributed by atoms with van der Waals surface area (Å²) in [6, 6.07) is 4.06. The van der Waals surface area contributed by atoms with Gasteiger partial charge in [0.15, 0.2) is 6.10 Å². The van der Waals surface area contributed by atoms with Crippen LogP contribution < -0.4 is 0 Å². The number of carbonyl (C=O) groups excluding carboxylic acids is 2. The molecule has 0 spiro atoms. The summed E-state index contributed by atoms with van der Waals surface area (Å²) in [7, 11) is -3.83. The SMILES string of the molecule is CC1CCCN(S(=O)(=O)c2cc(C(=O)OC(C)C(=O)N3CCCCCC3)ccc2Cl)C1. The van der Waals surface area contributed by atoms with Crippen LogP contribution >= 0.6 is 11.6 Å². The molecule has 1 aromatic carbocycles. The van der Waals surface area contributed by atoms with Crippen LogP contribution in [0.15, 0.2) is 23.1 Å². The molecule has 2 aliphatic rings. The Hall–Kier alpha value is -1.64. The van der Waals surface area contributed by atoms with Crippen molar-refractivity contribution in [3.8, 4) is 0 Å². The van der Waals surface area contributed by atoms with Crippen molar-refractivity contribution < 1.29 is 22.7 Å². The third-order valence-corrected chi connectivity index (χ3v) is 8.30. The summed E-state index contributed by atoms with van der Waals surface area (Å²) in [6.07, 6.45) is 4.90. The van der Waals surface area contributed by atoms with Crippen molar-refractivity contribution in [2.45, 2.75) is 63.4 Å². The van der Waals surface area contributed by atoms with E-state index in [1.807, 2.05) is 6.92 Å². The van der Waals surface area contributed by atoms with E-state index in [9.17, 15) is 18.0 Å². The highest BCUT2D eigenvalue weighted by Gasteiger charge is 2.31. The first-order valence-electron chi connectivity index (χ1n) is 11.0. The molecular weight excluding hydrogens is 440 g/mol. The average Bonchev–Trinajstić information content (AvgIpc) is 3.02. The van der Waals surface area contributed by atoms with Gasteiger partial charge in [0.05, 0.1) is 10.6 Å². The summed E-state index contributed by atoms with van der Waals surface area (Å²) in [6.45, 7) is 5.75. The van der Waals surface area contributed by atoms with Gasteiger partial charge in [-0.25, -0.2) is 13.2 Å². The smallest absolute Gasteiger partial charge is 0.338 e. The van der Waals surface area contributed by atoms with Crippen molar-refractivity contribution in [2.75, 3.05) is 26.2 Å². The average molecular weight is 471 g/mol. The van der Waals surface area contributed by atoms with Gasteiger partial charge in [-0.2, -0.15) is 4.31 Å². The quantitative estimate of drug-likeness (QED) is 0.612. The summed E-state index contributed by atoms with van der Waals surface area (Å²) >= 11 is 6.20. The number of amides is 1. The minimum Gasteiger partial charge on any atom is -0.449 e. The van der Waals surface area contributed by atoms with Gasteiger partial charge in [0.2, 0.25) is 10.0 Å². The number of carbonyl (C=O) groups is 2. The number of nitrogens with zero attached hydrogens (tertiary/aromatic N) is 2. The fraction of sp³-hybridized carbons (Fsp3) is 0.636. The van der Waals surface area contributed by atoms with E-state index in [1.54, 1.807) is 11.8 Å². The summed E-state index contributed by atoms with van der Waals surface area (Å²) in [4.78, 5) is 27.0. The second kappa shape index (κ2) is 10.3. The maximum atomic E-state index is 13.1. The molecule has 7 nitrogen and oxygen atoms in total. The molecule has 31 heavy (non-hydrogen) atoms. The van der Waals surface area contributed by atoms with E-state index >= 15 is 0 Å². The molecule has 0 aliphatic carbocycles. The molecule has 0 bridgehead atoms. The molecule has 0 N–H and O–H groups in total. The minimum atomic E-state index is -3.83. The number of hydrogen-bond donors (Lipinski definition) is 0. The fourth-order valence-electron chi connectivity index (χ4n) is 4.16. The monoisotopic (exact) mass is 470 g/mol. The molecule has 2 unspecified atom stereocenters. The lowest BCUT2D eigenvalue weighted by Gasteiger charge is -2.30. The molecule has 2 heterocycles. The maximum absolute atomic E-state index is 13.1. The van der Waals surface area contributed by atoms with Gasteiger partial charge in [-0.1, -0.05) is 31.4 Å². The molecule has 0 aromatic heterocycles. The normalized spacial score (nSPS) is 21.9. The number of halogens is 1. The second-order valence-electron chi connectivity index (χ2n) is 8.54. The van der Waals surface area contributed by atoms with Crippen molar-refractivity contribution in [2.24, 2.45) is 5.92 Å². The predicted octanol–water partition coefficient (Wildman–Crippen LogP) is 3.71. The van der Waals surface area contributed by atoms with Crippen molar-refractivity contribution >= 4 is 33.5 Å². The number of hydrogen-bond acceptors (Lipinski definition) is 5. The van der Waals surface area contributed by atoms with Crippen LogP contribution in [0.4, 0.5) is 0 Å². The van der Waals surface area contributed by atoms with Crippen LogP contribution in [0.5, 0.6) is 0 Å². The summed E-state index contributed by atoms with van der Waals surface area (Å²) in [5.74, 6) is -0.698.